The summed E-state index contributed by atoms with van der Waals surface area (Å²) in [5.41, 5.74) is 21.5. The highest BCUT2D eigenvalue weighted by Gasteiger charge is 2.49. The number of ether oxygens (including phenoxy) is 1. The number of nitriles is 1. The average molecular weight is 581 g/mol. The second kappa shape index (κ2) is 10.8. The Morgan fingerprint density at radius 1 is 1.12 bits per heavy atom. The van der Waals surface area contributed by atoms with Gasteiger partial charge in [-0.25, -0.2) is 0 Å². The fraction of sp³-hybridized carbons (Fsp3) is 0.281. The minimum atomic E-state index is -1.56. The third-order valence-corrected chi connectivity index (χ3v) is 9.52. The molecule has 2 heterocycles. The number of nitrogens with two attached hydrogens (primary N) is 3. The van der Waals surface area contributed by atoms with Gasteiger partial charge < -0.3 is 32.2 Å². The lowest BCUT2D eigenvalue weighted by atomic mass is 9.69. The predicted octanol–water partition coefficient (Wildman–Crippen LogP) is 4.43. The molecule has 7 N–H and O–H groups in total. The standard InChI is InChI=1S/C32H32N6O3S/c1-18-15-21(41-20-8-3-2-4-9-20)10-11-22(18)32(36)23-12-13-24(34)28-25(23)26(27(35)30(32)39)29(42-28)31(40)37-19-7-5-6-14-38(16-19)17-33/h2-4,8-13,15,19,27H,5-7,14,16,34-36H2,1H3,(H,37,40). The van der Waals surface area contributed by atoms with E-state index in [0.29, 0.717) is 61.9 Å². The number of aryl methyl sites for hydroxylation is 1. The smallest absolute Gasteiger partial charge is 0.262 e. The molecular weight excluding hydrogens is 548 g/mol. The summed E-state index contributed by atoms with van der Waals surface area (Å²) in [6.07, 6.45) is 4.75. The number of anilines is 1. The van der Waals surface area contributed by atoms with Gasteiger partial charge in [0.15, 0.2) is 12.0 Å². The molecule has 0 spiro atoms. The maximum atomic E-state index is 14.2. The van der Waals surface area contributed by atoms with Crippen molar-refractivity contribution in [2.24, 2.45) is 11.5 Å². The van der Waals surface area contributed by atoms with E-state index in [1.807, 2.05) is 43.3 Å². The number of nitrogen functional groups attached to an aromatic ring is 1. The molecule has 1 saturated heterocycles. The lowest BCUT2D eigenvalue weighted by molar-refractivity contribution is -0.124. The highest BCUT2D eigenvalue weighted by molar-refractivity contribution is 7.21. The molecule has 10 heteroatoms. The zero-order valence-corrected chi connectivity index (χ0v) is 24.0. The summed E-state index contributed by atoms with van der Waals surface area (Å²) in [7, 11) is 0. The molecule has 42 heavy (non-hydrogen) atoms. The van der Waals surface area contributed by atoms with Crippen molar-refractivity contribution in [2.45, 2.75) is 43.8 Å². The summed E-state index contributed by atoms with van der Waals surface area (Å²) in [6.45, 7) is 3.00. The van der Waals surface area contributed by atoms with Crippen LogP contribution >= 0.6 is 11.3 Å². The summed E-state index contributed by atoms with van der Waals surface area (Å²) in [5.74, 6) is 0.580. The van der Waals surface area contributed by atoms with Gasteiger partial charge in [0.1, 0.15) is 17.0 Å². The first kappa shape index (κ1) is 27.7. The van der Waals surface area contributed by atoms with Crippen molar-refractivity contribution in [1.82, 2.24) is 10.2 Å². The molecule has 1 amide bonds. The van der Waals surface area contributed by atoms with Gasteiger partial charge in [0, 0.05) is 35.8 Å². The number of Topliss-reactive ketones (excluding diaryl/α,β-unsaturated/α-hetero) is 1. The fourth-order valence-corrected chi connectivity index (χ4v) is 7.40. The van der Waals surface area contributed by atoms with Crippen molar-refractivity contribution in [3.8, 4) is 17.7 Å². The van der Waals surface area contributed by atoms with E-state index in [1.165, 1.54) is 11.3 Å². The second-order valence-electron chi connectivity index (χ2n) is 11.0. The number of thiophene rings is 1. The number of rotatable bonds is 5. The van der Waals surface area contributed by atoms with Crippen LogP contribution in [0.4, 0.5) is 5.69 Å². The number of benzene rings is 3. The maximum Gasteiger partial charge on any atom is 0.262 e. The molecule has 1 aliphatic carbocycles. The first-order valence-electron chi connectivity index (χ1n) is 14.0. The molecule has 2 aliphatic rings. The maximum absolute atomic E-state index is 14.2. The highest BCUT2D eigenvalue weighted by atomic mass is 32.1. The molecule has 9 nitrogen and oxygen atoms in total. The van der Waals surface area contributed by atoms with E-state index in [1.54, 1.807) is 29.2 Å². The molecule has 3 atom stereocenters. The van der Waals surface area contributed by atoms with Crippen LogP contribution in [-0.2, 0) is 10.3 Å². The van der Waals surface area contributed by atoms with Crippen molar-refractivity contribution >= 4 is 38.8 Å². The number of likely N-dealkylation sites (tertiary alicyclic amines) is 1. The van der Waals surface area contributed by atoms with Crippen molar-refractivity contribution in [3.05, 3.63) is 87.8 Å². The minimum absolute atomic E-state index is 0.197. The van der Waals surface area contributed by atoms with Crippen LogP contribution in [0.1, 0.15) is 57.2 Å². The van der Waals surface area contributed by atoms with Crippen LogP contribution in [0.2, 0.25) is 0 Å². The topological polar surface area (TPSA) is 160 Å². The number of carbonyl (C=O) groups is 2. The zero-order chi connectivity index (χ0) is 29.6. The van der Waals surface area contributed by atoms with E-state index < -0.39 is 17.4 Å². The van der Waals surface area contributed by atoms with Gasteiger partial charge in [-0.3, -0.25) is 9.59 Å². The number of nitrogens with one attached hydrogen (secondary N) is 1. The number of carbonyl (C=O) groups excluding carboxylic acids is 2. The van der Waals surface area contributed by atoms with Gasteiger partial charge in [-0.05, 0) is 73.2 Å². The number of hydrogen-bond donors (Lipinski definition) is 4. The van der Waals surface area contributed by atoms with E-state index in [2.05, 4.69) is 11.5 Å². The second-order valence-corrected chi connectivity index (χ2v) is 12.0. The molecule has 0 radical (unpaired) electrons. The Labute approximate surface area is 247 Å². The van der Waals surface area contributed by atoms with Crippen molar-refractivity contribution in [3.63, 3.8) is 0 Å². The van der Waals surface area contributed by atoms with Crippen LogP contribution in [0.5, 0.6) is 11.5 Å². The van der Waals surface area contributed by atoms with E-state index in [9.17, 15) is 14.9 Å². The highest BCUT2D eigenvalue weighted by Crippen LogP contribution is 2.50. The van der Waals surface area contributed by atoms with Gasteiger partial charge in [-0.2, -0.15) is 5.26 Å². The van der Waals surface area contributed by atoms with E-state index in [-0.39, 0.29) is 11.9 Å². The van der Waals surface area contributed by atoms with E-state index in [0.717, 1.165) is 24.8 Å². The SMILES string of the molecule is Cc1cc(Oc2ccccc2)ccc1C1(N)C(=O)C(N)c2c(C(=O)NC3CCCCN(C#N)C3)sc3c(N)ccc1c23. The van der Waals surface area contributed by atoms with Gasteiger partial charge in [0.25, 0.3) is 5.91 Å². The zero-order valence-electron chi connectivity index (χ0n) is 23.2. The number of amides is 1. The Morgan fingerprint density at radius 2 is 1.88 bits per heavy atom. The van der Waals surface area contributed by atoms with Crippen molar-refractivity contribution in [2.75, 3.05) is 18.8 Å². The van der Waals surface area contributed by atoms with Crippen LogP contribution < -0.4 is 27.3 Å². The van der Waals surface area contributed by atoms with Crippen LogP contribution in [0.3, 0.4) is 0 Å². The Hall–Kier alpha value is -4.43. The Kier molecular flexibility index (Phi) is 7.10. The monoisotopic (exact) mass is 580 g/mol. The van der Waals surface area contributed by atoms with E-state index >= 15 is 0 Å². The lowest BCUT2D eigenvalue weighted by Crippen LogP contribution is -2.53. The molecule has 1 fully saturated rings. The molecule has 0 bridgehead atoms. The number of para-hydroxylation sites is 1. The van der Waals surface area contributed by atoms with Gasteiger partial charge in [0.2, 0.25) is 0 Å². The molecule has 4 aromatic rings. The van der Waals surface area contributed by atoms with Crippen LogP contribution in [0.25, 0.3) is 10.1 Å². The quantitative estimate of drug-likeness (QED) is 0.199. The minimum Gasteiger partial charge on any atom is -0.457 e. The van der Waals surface area contributed by atoms with Gasteiger partial charge in [-0.15, -0.1) is 11.3 Å². The predicted molar refractivity (Wildman–Crippen MR) is 163 cm³/mol. The molecule has 214 valence electrons. The third-order valence-electron chi connectivity index (χ3n) is 8.27. The van der Waals surface area contributed by atoms with Gasteiger partial charge >= 0.3 is 0 Å². The normalized spacial score (nSPS) is 22.0. The summed E-state index contributed by atoms with van der Waals surface area (Å²) < 4.78 is 6.67. The van der Waals surface area contributed by atoms with Crippen LogP contribution in [-0.4, -0.2) is 35.7 Å². The van der Waals surface area contributed by atoms with E-state index in [4.69, 9.17) is 21.9 Å². The summed E-state index contributed by atoms with van der Waals surface area (Å²) in [5, 5.41) is 13.2. The largest absolute Gasteiger partial charge is 0.457 e. The van der Waals surface area contributed by atoms with Gasteiger partial charge in [0.05, 0.1) is 15.6 Å². The molecule has 0 saturated carbocycles. The molecule has 3 unspecified atom stereocenters. The van der Waals surface area contributed by atoms with Crippen molar-refractivity contribution in [1.29, 1.82) is 5.26 Å². The number of hydrogen-bond acceptors (Lipinski definition) is 9. The number of nitrogens with zero attached hydrogens (tertiary/aromatic N) is 2. The van der Waals surface area contributed by atoms with Gasteiger partial charge in [-0.1, -0.05) is 30.3 Å². The Bertz CT molecular complexity index is 1750. The summed E-state index contributed by atoms with van der Waals surface area (Å²) in [4.78, 5) is 29.9. The van der Waals surface area contributed by atoms with Crippen LogP contribution in [0, 0.1) is 18.4 Å². The number of ketones is 1. The molecular formula is C32H32N6O3S. The molecule has 3 aromatic carbocycles. The average Bonchev–Trinajstić information content (AvgIpc) is 3.25. The first-order chi connectivity index (χ1) is 20.2. The fourth-order valence-electron chi connectivity index (χ4n) is 6.20. The molecule has 1 aliphatic heterocycles. The third kappa shape index (κ3) is 4.56. The first-order valence-corrected chi connectivity index (χ1v) is 14.8. The Morgan fingerprint density at radius 3 is 2.62 bits per heavy atom. The van der Waals surface area contributed by atoms with Crippen LogP contribution in [0.15, 0.2) is 60.7 Å². The molecule has 6 rings (SSSR count). The molecule has 1 aromatic heterocycles. The lowest BCUT2D eigenvalue weighted by Gasteiger charge is -2.37. The van der Waals surface area contributed by atoms with Crippen molar-refractivity contribution < 1.29 is 14.3 Å². The Balaban J connectivity index is 1.41. The summed E-state index contributed by atoms with van der Waals surface area (Å²) >= 11 is 1.22. The summed E-state index contributed by atoms with van der Waals surface area (Å²) in [6, 6.07) is 17.0.